The largest absolute Gasteiger partial charge is 0.367 e. The monoisotopic (exact) mass is 289 g/mol. The molecule has 0 saturated carbocycles. The molecular weight excluding hydrogens is 273 g/mol. The van der Waals surface area contributed by atoms with Gasteiger partial charge in [-0.15, -0.1) is 10.2 Å². The molecule has 1 fully saturated rings. The number of halogens is 2. The zero-order chi connectivity index (χ0) is 13.1. The van der Waals surface area contributed by atoms with Crippen LogP contribution in [0.15, 0.2) is 0 Å². The highest BCUT2D eigenvalue weighted by molar-refractivity contribution is 6.32. The molecule has 1 atom stereocenters. The zero-order valence-electron chi connectivity index (χ0n) is 10.5. The fourth-order valence-corrected chi connectivity index (χ4v) is 2.41. The van der Waals surface area contributed by atoms with Crippen LogP contribution in [0.5, 0.6) is 0 Å². The number of aromatic nitrogens is 3. The standard InChI is InChI=1S/C11H17Cl2N5/c1-7(2)18-4-3-8(6-18)5-14-10-9(12)16-17-11(13)15-10/h7-8H,3-6H2,1-2H3,(H,14,15,17). The normalized spacial score (nSPS) is 20.6. The van der Waals surface area contributed by atoms with E-state index in [1.165, 1.54) is 6.42 Å². The molecule has 5 nitrogen and oxygen atoms in total. The van der Waals surface area contributed by atoms with Crippen LogP contribution in [0, 0.1) is 5.92 Å². The van der Waals surface area contributed by atoms with E-state index < -0.39 is 0 Å². The van der Waals surface area contributed by atoms with Crippen molar-refractivity contribution in [3.8, 4) is 0 Å². The van der Waals surface area contributed by atoms with Crippen molar-refractivity contribution in [3.05, 3.63) is 10.4 Å². The van der Waals surface area contributed by atoms with Gasteiger partial charge in [-0.3, -0.25) is 0 Å². The van der Waals surface area contributed by atoms with Gasteiger partial charge in [-0.25, -0.2) is 0 Å². The summed E-state index contributed by atoms with van der Waals surface area (Å²) < 4.78 is 0. The number of hydrogen-bond acceptors (Lipinski definition) is 5. The molecule has 1 unspecified atom stereocenters. The molecule has 1 aliphatic heterocycles. The predicted molar refractivity (Wildman–Crippen MR) is 73.2 cm³/mol. The summed E-state index contributed by atoms with van der Waals surface area (Å²) in [6.07, 6.45) is 1.19. The molecule has 2 rings (SSSR count). The van der Waals surface area contributed by atoms with Crippen molar-refractivity contribution in [3.63, 3.8) is 0 Å². The number of nitrogens with zero attached hydrogens (tertiary/aromatic N) is 4. The highest BCUT2D eigenvalue weighted by atomic mass is 35.5. The third-order valence-corrected chi connectivity index (χ3v) is 3.64. The lowest BCUT2D eigenvalue weighted by molar-refractivity contribution is 0.266. The van der Waals surface area contributed by atoms with Gasteiger partial charge in [0.25, 0.3) is 0 Å². The maximum absolute atomic E-state index is 5.89. The molecule has 2 heterocycles. The van der Waals surface area contributed by atoms with E-state index >= 15 is 0 Å². The van der Waals surface area contributed by atoms with Crippen molar-refractivity contribution in [2.24, 2.45) is 5.92 Å². The maximum Gasteiger partial charge on any atom is 0.245 e. The Morgan fingerprint density at radius 1 is 1.39 bits per heavy atom. The second kappa shape index (κ2) is 5.99. The zero-order valence-corrected chi connectivity index (χ0v) is 12.0. The lowest BCUT2D eigenvalue weighted by Crippen LogP contribution is -2.29. The molecule has 1 N–H and O–H groups in total. The second-order valence-electron chi connectivity index (χ2n) is 4.84. The molecule has 1 saturated heterocycles. The average Bonchev–Trinajstić information content (AvgIpc) is 2.79. The van der Waals surface area contributed by atoms with E-state index in [1.54, 1.807) is 0 Å². The molecule has 1 aromatic heterocycles. The minimum atomic E-state index is 0.108. The van der Waals surface area contributed by atoms with Crippen LogP contribution in [0.3, 0.4) is 0 Å². The molecule has 18 heavy (non-hydrogen) atoms. The molecule has 1 aromatic rings. The fraction of sp³-hybridized carbons (Fsp3) is 0.727. The highest BCUT2D eigenvalue weighted by Gasteiger charge is 2.24. The van der Waals surface area contributed by atoms with Gasteiger partial charge in [0, 0.05) is 19.1 Å². The Morgan fingerprint density at radius 2 is 2.17 bits per heavy atom. The van der Waals surface area contributed by atoms with Crippen molar-refractivity contribution in [1.29, 1.82) is 0 Å². The van der Waals surface area contributed by atoms with E-state index in [-0.39, 0.29) is 10.4 Å². The lowest BCUT2D eigenvalue weighted by atomic mass is 10.1. The number of likely N-dealkylation sites (tertiary alicyclic amines) is 1. The Bertz CT molecular complexity index is 412. The topological polar surface area (TPSA) is 53.9 Å². The maximum atomic E-state index is 5.89. The van der Waals surface area contributed by atoms with Gasteiger partial charge in [0.15, 0.2) is 11.0 Å². The first-order valence-electron chi connectivity index (χ1n) is 6.10. The highest BCUT2D eigenvalue weighted by Crippen LogP contribution is 2.21. The van der Waals surface area contributed by atoms with E-state index in [0.717, 1.165) is 19.6 Å². The SMILES string of the molecule is CC(C)N1CCC(CNc2nc(Cl)nnc2Cl)C1. The molecular formula is C11H17Cl2N5. The van der Waals surface area contributed by atoms with Crippen molar-refractivity contribution >= 4 is 29.0 Å². The fourth-order valence-electron chi connectivity index (χ4n) is 2.14. The predicted octanol–water partition coefficient (Wildman–Crippen LogP) is 2.32. The van der Waals surface area contributed by atoms with Crippen molar-refractivity contribution in [1.82, 2.24) is 20.1 Å². The summed E-state index contributed by atoms with van der Waals surface area (Å²) in [5.41, 5.74) is 0. The Morgan fingerprint density at radius 3 is 2.83 bits per heavy atom. The van der Waals surface area contributed by atoms with Gasteiger partial charge >= 0.3 is 0 Å². The number of anilines is 1. The summed E-state index contributed by atoms with van der Waals surface area (Å²) in [4.78, 5) is 6.49. The van der Waals surface area contributed by atoms with Gasteiger partial charge in [-0.2, -0.15) is 4.98 Å². The van der Waals surface area contributed by atoms with Gasteiger partial charge in [0.2, 0.25) is 5.28 Å². The van der Waals surface area contributed by atoms with Gasteiger partial charge in [-0.1, -0.05) is 11.6 Å². The minimum Gasteiger partial charge on any atom is -0.367 e. The molecule has 1 aliphatic rings. The van der Waals surface area contributed by atoms with E-state index in [0.29, 0.717) is 17.8 Å². The third kappa shape index (κ3) is 3.43. The van der Waals surface area contributed by atoms with Crippen LogP contribution in [-0.4, -0.2) is 45.8 Å². The Balaban J connectivity index is 1.87. The second-order valence-corrected chi connectivity index (χ2v) is 5.54. The molecule has 0 aromatic carbocycles. The summed E-state index contributed by atoms with van der Waals surface area (Å²) in [5, 5.41) is 10.9. The summed E-state index contributed by atoms with van der Waals surface area (Å²) in [7, 11) is 0. The quantitative estimate of drug-likeness (QED) is 0.922. The molecule has 0 amide bonds. The Kier molecular flexibility index (Phi) is 4.59. The lowest BCUT2D eigenvalue weighted by Gasteiger charge is -2.20. The minimum absolute atomic E-state index is 0.108. The Labute approximate surface area is 117 Å². The molecule has 100 valence electrons. The van der Waals surface area contributed by atoms with Gasteiger partial charge < -0.3 is 10.2 Å². The summed E-state index contributed by atoms with van der Waals surface area (Å²) in [6.45, 7) is 7.54. The van der Waals surface area contributed by atoms with Crippen LogP contribution in [0.4, 0.5) is 5.82 Å². The summed E-state index contributed by atoms with van der Waals surface area (Å²) >= 11 is 11.6. The third-order valence-electron chi connectivity index (χ3n) is 3.23. The van der Waals surface area contributed by atoms with E-state index in [4.69, 9.17) is 23.2 Å². The van der Waals surface area contributed by atoms with Crippen LogP contribution >= 0.6 is 23.2 Å². The first kappa shape index (κ1) is 13.8. The van der Waals surface area contributed by atoms with Crippen molar-refractivity contribution in [2.75, 3.05) is 25.0 Å². The van der Waals surface area contributed by atoms with Crippen LogP contribution < -0.4 is 5.32 Å². The Hall–Kier alpha value is -0.650. The summed E-state index contributed by atoms with van der Waals surface area (Å²) in [6, 6.07) is 0.605. The molecule has 0 aliphatic carbocycles. The molecule has 0 bridgehead atoms. The average molecular weight is 290 g/mol. The van der Waals surface area contributed by atoms with Gasteiger partial charge in [0.05, 0.1) is 0 Å². The van der Waals surface area contributed by atoms with Gasteiger partial charge in [-0.05, 0) is 44.3 Å². The van der Waals surface area contributed by atoms with Crippen LogP contribution in [-0.2, 0) is 0 Å². The number of rotatable bonds is 4. The van der Waals surface area contributed by atoms with Crippen LogP contribution in [0.25, 0.3) is 0 Å². The van der Waals surface area contributed by atoms with Crippen molar-refractivity contribution in [2.45, 2.75) is 26.3 Å². The molecule has 0 radical (unpaired) electrons. The molecule has 7 heteroatoms. The first-order valence-corrected chi connectivity index (χ1v) is 6.85. The number of nitrogens with one attached hydrogen (secondary N) is 1. The number of hydrogen-bond donors (Lipinski definition) is 1. The molecule has 0 spiro atoms. The van der Waals surface area contributed by atoms with Crippen LogP contribution in [0.2, 0.25) is 10.4 Å². The first-order chi connectivity index (χ1) is 8.56. The van der Waals surface area contributed by atoms with E-state index in [2.05, 4.69) is 39.2 Å². The van der Waals surface area contributed by atoms with E-state index in [1.807, 2.05) is 0 Å². The van der Waals surface area contributed by atoms with Gasteiger partial charge in [0.1, 0.15) is 0 Å². The van der Waals surface area contributed by atoms with Crippen molar-refractivity contribution < 1.29 is 0 Å². The smallest absolute Gasteiger partial charge is 0.245 e. The summed E-state index contributed by atoms with van der Waals surface area (Å²) in [5.74, 6) is 1.12. The van der Waals surface area contributed by atoms with E-state index in [9.17, 15) is 0 Å². The van der Waals surface area contributed by atoms with Crippen LogP contribution in [0.1, 0.15) is 20.3 Å².